The molecule has 190 valence electrons. The zero-order valence-corrected chi connectivity index (χ0v) is 20.6. The molecule has 0 bridgehead atoms. The molecule has 0 unspecified atom stereocenters. The van der Waals surface area contributed by atoms with Crippen LogP contribution in [0.5, 0.6) is 5.75 Å². The van der Waals surface area contributed by atoms with Gasteiger partial charge < -0.3 is 25.2 Å². The van der Waals surface area contributed by atoms with Crippen molar-refractivity contribution in [2.75, 3.05) is 49.5 Å². The quantitative estimate of drug-likeness (QED) is 0.446. The van der Waals surface area contributed by atoms with Crippen molar-refractivity contribution < 1.29 is 14.4 Å². The highest BCUT2D eigenvalue weighted by Gasteiger charge is 2.28. The number of phenolic OH excluding ortho intramolecular Hbond substituents is 1. The molecule has 8 heteroatoms. The highest BCUT2D eigenvalue weighted by atomic mass is 16.5. The van der Waals surface area contributed by atoms with E-state index in [2.05, 4.69) is 62.0 Å². The maximum atomic E-state index is 12.7. The van der Waals surface area contributed by atoms with E-state index < -0.39 is 0 Å². The molecule has 2 saturated heterocycles. The number of amides is 1. The summed E-state index contributed by atoms with van der Waals surface area (Å²) in [7, 11) is 0. The number of piperazine rings is 1. The van der Waals surface area contributed by atoms with E-state index in [1.165, 1.54) is 5.69 Å². The minimum Gasteiger partial charge on any atom is -0.508 e. The number of anilines is 2. The van der Waals surface area contributed by atoms with Crippen LogP contribution in [0.25, 0.3) is 0 Å². The van der Waals surface area contributed by atoms with Crippen molar-refractivity contribution in [3.05, 3.63) is 72.1 Å². The summed E-state index contributed by atoms with van der Waals surface area (Å²) in [5.41, 5.74) is 2.86. The first-order chi connectivity index (χ1) is 17.6. The summed E-state index contributed by atoms with van der Waals surface area (Å²) in [6, 6.07) is 19.3. The molecule has 5 rings (SSSR count). The first kappa shape index (κ1) is 24.3. The number of piperidine rings is 1. The number of para-hydroxylation sites is 1. The van der Waals surface area contributed by atoms with Crippen LogP contribution in [0.15, 0.2) is 65.2 Å². The number of hydrogen-bond donors (Lipinski definition) is 3. The van der Waals surface area contributed by atoms with Crippen molar-refractivity contribution in [1.29, 1.82) is 0 Å². The molecule has 2 fully saturated rings. The molecule has 0 spiro atoms. The zero-order chi connectivity index (χ0) is 24.7. The largest absolute Gasteiger partial charge is 0.508 e. The lowest BCUT2D eigenvalue weighted by atomic mass is 9.81. The highest BCUT2D eigenvalue weighted by molar-refractivity contribution is 5.91. The maximum absolute atomic E-state index is 12.7. The average molecular weight is 490 g/mol. The van der Waals surface area contributed by atoms with E-state index in [4.69, 9.17) is 4.52 Å². The molecule has 0 aliphatic carbocycles. The highest BCUT2D eigenvalue weighted by Crippen LogP contribution is 2.27. The third kappa shape index (κ3) is 6.44. The molecule has 3 N–H and O–H groups in total. The zero-order valence-electron chi connectivity index (χ0n) is 20.6. The molecule has 2 aromatic carbocycles. The summed E-state index contributed by atoms with van der Waals surface area (Å²) in [5, 5.41) is 20.4. The summed E-state index contributed by atoms with van der Waals surface area (Å²) in [6.45, 7) is 6.56. The van der Waals surface area contributed by atoms with Crippen LogP contribution >= 0.6 is 0 Å². The van der Waals surface area contributed by atoms with Gasteiger partial charge in [0.2, 0.25) is 5.91 Å². The standard InChI is InChI=1S/C28H35N5O3/c34-26-8-4-5-23(17-26)30-28(35)16-21-9-10-29-19-22(21)15-24-18-27(36-31-24)20-32-11-13-33(14-12-32)25-6-2-1-3-7-25/h1-8,17-18,21-22,29,34H,9-16,19-20H2,(H,30,35)/t21-,22-/m0/s1. The van der Waals surface area contributed by atoms with Gasteiger partial charge in [-0.3, -0.25) is 9.69 Å². The molecule has 3 aromatic rings. The Labute approximate surface area is 212 Å². The fourth-order valence-electron chi connectivity index (χ4n) is 5.34. The minimum atomic E-state index is -0.0204. The second-order valence-electron chi connectivity index (χ2n) is 9.90. The van der Waals surface area contributed by atoms with Gasteiger partial charge in [0.15, 0.2) is 5.76 Å². The predicted molar refractivity (Wildman–Crippen MR) is 140 cm³/mol. The van der Waals surface area contributed by atoms with Gasteiger partial charge in [0.1, 0.15) is 5.75 Å². The smallest absolute Gasteiger partial charge is 0.224 e. The molecule has 8 nitrogen and oxygen atoms in total. The summed E-state index contributed by atoms with van der Waals surface area (Å²) in [6.07, 6.45) is 2.20. The lowest BCUT2D eigenvalue weighted by molar-refractivity contribution is -0.117. The fourth-order valence-corrected chi connectivity index (χ4v) is 5.34. The Kier molecular flexibility index (Phi) is 7.83. The molecule has 3 heterocycles. The van der Waals surface area contributed by atoms with E-state index >= 15 is 0 Å². The Hall–Kier alpha value is -3.36. The van der Waals surface area contributed by atoms with E-state index in [1.807, 2.05) is 0 Å². The van der Waals surface area contributed by atoms with Gasteiger partial charge in [0, 0.05) is 56.1 Å². The number of benzene rings is 2. The monoisotopic (exact) mass is 489 g/mol. The first-order valence-corrected chi connectivity index (χ1v) is 12.9. The van der Waals surface area contributed by atoms with Gasteiger partial charge in [-0.25, -0.2) is 0 Å². The second-order valence-corrected chi connectivity index (χ2v) is 9.90. The Morgan fingerprint density at radius 3 is 2.69 bits per heavy atom. The van der Waals surface area contributed by atoms with Crippen molar-refractivity contribution in [3.63, 3.8) is 0 Å². The average Bonchev–Trinajstić information content (AvgIpc) is 3.33. The summed E-state index contributed by atoms with van der Waals surface area (Å²) >= 11 is 0. The van der Waals surface area contributed by atoms with E-state index in [9.17, 15) is 9.90 Å². The van der Waals surface area contributed by atoms with Gasteiger partial charge >= 0.3 is 0 Å². The van der Waals surface area contributed by atoms with Crippen LogP contribution in [-0.4, -0.2) is 60.3 Å². The number of nitrogens with one attached hydrogen (secondary N) is 2. The number of hydrogen-bond acceptors (Lipinski definition) is 7. The van der Waals surface area contributed by atoms with Gasteiger partial charge in [0.25, 0.3) is 0 Å². The number of aromatic nitrogens is 1. The predicted octanol–water partition coefficient (Wildman–Crippen LogP) is 3.50. The maximum Gasteiger partial charge on any atom is 0.224 e. The van der Waals surface area contributed by atoms with Crippen LogP contribution in [-0.2, 0) is 17.8 Å². The number of phenols is 1. The minimum absolute atomic E-state index is 0.0204. The van der Waals surface area contributed by atoms with Crippen molar-refractivity contribution in [2.24, 2.45) is 11.8 Å². The van der Waals surface area contributed by atoms with E-state index in [-0.39, 0.29) is 17.6 Å². The molecule has 1 aromatic heterocycles. The summed E-state index contributed by atoms with van der Waals surface area (Å²) < 4.78 is 5.70. The lowest BCUT2D eigenvalue weighted by Gasteiger charge is -2.35. The fraction of sp³-hybridized carbons (Fsp3) is 0.429. The van der Waals surface area contributed by atoms with Crippen molar-refractivity contribution in [1.82, 2.24) is 15.4 Å². The number of nitrogens with zero attached hydrogens (tertiary/aromatic N) is 3. The van der Waals surface area contributed by atoms with E-state index in [0.29, 0.717) is 18.0 Å². The van der Waals surface area contributed by atoms with E-state index in [1.54, 1.807) is 24.3 Å². The van der Waals surface area contributed by atoms with Crippen LogP contribution in [0, 0.1) is 11.8 Å². The van der Waals surface area contributed by atoms with Gasteiger partial charge in [-0.05, 0) is 62.0 Å². The number of rotatable bonds is 8. The number of carbonyl (C=O) groups is 1. The normalized spacial score (nSPS) is 20.8. The number of carbonyl (C=O) groups excluding carboxylic acids is 1. The van der Waals surface area contributed by atoms with Crippen molar-refractivity contribution in [3.8, 4) is 5.75 Å². The van der Waals surface area contributed by atoms with Crippen LogP contribution in [0.2, 0.25) is 0 Å². The molecule has 2 atom stereocenters. The first-order valence-electron chi connectivity index (χ1n) is 12.9. The second kappa shape index (κ2) is 11.6. The Bertz CT molecular complexity index is 1130. The van der Waals surface area contributed by atoms with Crippen molar-refractivity contribution in [2.45, 2.75) is 25.8 Å². The summed E-state index contributed by atoms with van der Waals surface area (Å²) in [4.78, 5) is 17.5. The van der Waals surface area contributed by atoms with Gasteiger partial charge in [-0.15, -0.1) is 0 Å². The van der Waals surface area contributed by atoms with Crippen molar-refractivity contribution >= 4 is 17.3 Å². The van der Waals surface area contributed by atoms with Crippen LogP contribution in [0.4, 0.5) is 11.4 Å². The Morgan fingerprint density at radius 1 is 1.06 bits per heavy atom. The molecule has 0 radical (unpaired) electrons. The van der Waals surface area contributed by atoms with Gasteiger partial charge in [0.05, 0.1) is 12.2 Å². The third-order valence-electron chi connectivity index (χ3n) is 7.29. The van der Waals surface area contributed by atoms with Gasteiger partial charge in [-0.2, -0.15) is 0 Å². The topological polar surface area (TPSA) is 93.9 Å². The van der Waals surface area contributed by atoms with Crippen LogP contribution < -0.4 is 15.5 Å². The summed E-state index contributed by atoms with van der Waals surface area (Å²) in [5.74, 6) is 1.62. The molecule has 2 aliphatic heterocycles. The molecule has 36 heavy (non-hydrogen) atoms. The molecule has 0 saturated carbocycles. The van der Waals surface area contributed by atoms with E-state index in [0.717, 1.165) is 70.1 Å². The Balaban J connectivity index is 1.11. The van der Waals surface area contributed by atoms with Gasteiger partial charge in [-0.1, -0.05) is 29.4 Å². The van der Waals surface area contributed by atoms with Crippen LogP contribution in [0.3, 0.4) is 0 Å². The van der Waals surface area contributed by atoms with Crippen LogP contribution in [0.1, 0.15) is 24.3 Å². The third-order valence-corrected chi connectivity index (χ3v) is 7.29. The molecule has 2 aliphatic rings. The Morgan fingerprint density at radius 2 is 1.89 bits per heavy atom. The SMILES string of the molecule is O=C(C[C@@H]1CCNC[C@@H]1Cc1cc(CN2CCN(c3ccccc3)CC2)on1)Nc1cccc(O)c1. The number of aromatic hydroxyl groups is 1. The molecule has 1 amide bonds. The molecular weight excluding hydrogens is 454 g/mol. The molecular formula is C28H35N5O3. The lowest BCUT2D eigenvalue weighted by Crippen LogP contribution is -2.45.